The molecule has 7 nitrogen and oxygen atoms in total. The van der Waals surface area contributed by atoms with Gasteiger partial charge in [0.15, 0.2) is 6.10 Å². The lowest BCUT2D eigenvalue weighted by Crippen LogP contribution is -2.43. The summed E-state index contributed by atoms with van der Waals surface area (Å²) in [5.41, 5.74) is 7.62. The Kier molecular flexibility index (Phi) is 5.12. The number of ether oxygens (including phenoxy) is 1. The van der Waals surface area contributed by atoms with Gasteiger partial charge in [-0.3, -0.25) is 4.79 Å². The van der Waals surface area contributed by atoms with Gasteiger partial charge in [-0.15, -0.1) is 0 Å². The molecule has 0 saturated carbocycles. The van der Waals surface area contributed by atoms with Crippen LogP contribution >= 0.6 is 0 Å². The Morgan fingerprint density at radius 3 is 2.67 bits per heavy atom. The van der Waals surface area contributed by atoms with Gasteiger partial charge in [0.05, 0.1) is 5.56 Å². The molecule has 3 amide bonds. The van der Waals surface area contributed by atoms with Crippen molar-refractivity contribution in [3.05, 3.63) is 59.7 Å². The number of carbonyl (C=O) groups is 3. The number of esters is 1. The van der Waals surface area contributed by atoms with Crippen LogP contribution in [0.4, 0.5) is 16.2 Å². The second-order valence-electron chi connectivity index (χ2n) is 6.51. The summed E-state index contributed by atoms with van der Waals surface area (Å²) in [5, 5.41) is 2.39. The summed E-state index contributed by atoms with van der Waals surface area (Å²) in [6.45, 7) is 3.52. The number of benzene rings is 2. The number of hydrogen-bond donors (Lipinski definition) is 2. The molecule has 3 rings (SSSR count). The van der Waals surface area contributed by atoms with Gasteiger partial charge in [-0.1, -0.05) is 24.3 Å². The second-order valence-corrected chi connectivity index (χ2v) is 6.51. The molecule has 0 saturated heterocycles. The molecule has 0 radical (unpaired) electrons. The highest BCUT2D eigenvalue weighted by atomic mass is 16.5. The number of rotatable bonds is 4. The van der Waals surface area contributed by atoms with Crippen molar-refractivity contribution in [3.63, 3.8) is 0 Å². The van der Waals surface area contributed by atoms with Gasteiger partial charge in [-0.2, -0.15) is 0 Å². The van der Waals surface area contributed by atoms with Crippen LogP contribution in [0.25, 0.3) is 0 Å². The van der Waals surface area contributed by atoms with E-state index in [1.54, 1.807) is 30.0 Å². The zero-order valence-electron chi connectivity index (χ0n) is 15.1. The van der Waals surface area contributed by atoms with Crippen LogP contribution in [0.2, 0.25) is 0 Å². The van der Waals surface area contributed by atoms with Gasteiger partial charge in [0.25, 0.3) is 5.91 Å². The normalized spacial score (nSPS) is 16.4. The van der Waals surface area contributed by atoms with Crippen LogP contribution in [0.15, 0.2) is 48.5 Å². The average molecular weight is 367 g/mol. The van der Waals surface area contributed by atoms with E-state index in [1.165, 1.54) is 6.07 Å². The number of urea groups is 1. The molecule has 27 heavy (non-hydrogen) atoms. The SMILES string of the molecule is C[C@@H](OC(=O)c1cccc(NC(N)=O)c1)C(=O)N1c2ccccc2C[C@@H]1C. The van der Waals surface area contributed by atoms with Crippen LogP contribution in [0.5, 0.6) is 0 Å². The Bertz CT molecular complexity index is 896. The van der Waals surface area contributed by atoms with Crippen LogP contribution < -0.4 is 16.0 Å². The lowest BCUT2D eigenvalue weighted by molar-refractivity contribution is -0.126. The van der Waals surface area contributed by atoms with Crippen molar-refractivity contribution in [2.24, 2.45) is 5.73 Å². The van der Waals surface area contributed by atoms with Crippen molar-refractivity contribution >= 4 is 29.3 Å². The Hall–Kier alpha value is -3.35. The van der Waals surface area contributed by atoms with Crippen LogP contribution in [-0.2, 0) is 16.0 Å². The topological polar surface area (TPSA) is 102 Å². The highest BCUT2D eigenvalue weighted by molar-refractivity contribution is 6.01. The Balaban J connectivity index is 1.72. The number of para-hydroxylation sites is 1. The van der Waals surface area contributed by atoms with Crippen LogP contribution in [-0.4, -0.2) is 30.1 Å². The average Bonchev–Trinajstić information content (AvgIpc) is 2.96. The highest BCUT2D eigenvalue weighted by Crippen LogP contribution is 2.32. The van der Waals surface area contributed by atoms with E-state index in [0.717, 1.165) is 17.7 Å². The predicted octanol–water partition coefficient (Wildman–Crippen LogP) is 2.70. The second kappa shape index (κ2) is 7.49. The molecule has 2 aromatic rings. The number of nitrogens with one attached hydrogen (secondary N) is 1. The number of nitrogens with zero attached hydrogens (tertiary/aromatic N) is 1. The van der Waals surface area contributed by atoms with E-state index >= 15 is 0 Å². The fourth-order valence-electron chi connectivity index (χ4n) is 3.24. The number of primary amides is 1. The number of nitrogens with two attached hydrogens (primary N) is 1. The number of amides is 3. The van der Waals surface area contributed by atoms with E-state index in [0.29, 0.717) is 5.69 Å². The monoisotopic (exact) mass is 367 g/mol. The lowest BCUT2D eigenvalue weighted by Gasteiger charge is -2.26. The predicted molar refractivity (Wildman–Crippen MR) is 102 cm³/mol. The zero-order chi connectivity index (χ0) is 19.6. The summed E-state index contributed by atoms with van der Waals surface area (Å²) in [6, 6.07) is 13.1. The summed E-state index contributed by atoms with van der Waals surface area (Å²) in [5.74, 6) is -0.920. The largest absolute Gasteiger partial charge is 0.449 e. The molecule has 0 fully saturated rings. The molecule has 1 aliphatic rings. The molecule has 2 atom stereocenters. The first-order valence-electron chi connectivity index (χ1n) is 8.65. The van der Waals surface area contributed by atoms with Crippen molar-refractivity contribution in [2.45, 2.75) is 32.4 Å². The van der Waals surface area contributed by atoms with E-state index in [1.807, 2.05) is 31.2 Å². The summed E-state index contributed by atoms with van der Waals surface area (Å²) in [6.07, 6.45) is -0.178. The van der Waals surface area contributed by atoms with E-state index in [2.05, 4.69) is 5.32 Å². The van der Waals surface area contributed by atoms with Gasteiger partial charge in [0.2, 0.25) is 0 Å². The molecule has 7 heteroatoms. The molecule has 3 N–H and O–H groups in total. The van der Waals surface area contributed by atoms with E-state index in [4.69, 9.17) is 10.5 Å². The maximum atomic E-state index is 12.9. The molecular weight excluding hydrogens is 346 g/mol. The minimum atomic E-state index is -0.945. The number of hydrogen-bond acceptors (Lipinski definition) is 4. The van der Waals surface area contributed by atoms with Crippen molar-refractivity contribution in [1.82, 2.24) is 0 Å². The first kappa shape index (κ1) is 18.4. The fourth-order valence-corrected chi connectivity index (χ4v) is 3.24. The standard InChI is InChI=1S/C20H21N3O4/c1-12-10-14-6-3-4-9-17(14)23(12)18(24)13(2)27-19(25)15-7-5-8-16(11-15)22-20(21)26/h3-9,11-13H,10H2,1-2H3,(H3,21,22,26)/t12-,13+/m0/s1. The molecule has 0 aliphatic carbocycles. The molecule has 0 spiro atoms. The number of carbonyl (C=O) groups excluding carboxylic acids is 3. The molecule has 2 aromatic carbocycles. The minimum Gasteiger partial charge on any atom is -0.449 e. The first-order chi connectivity index (χ1) is 12.9. The molecule has 0 aromatic heterocycles. The van der Waals surface area contributed by atoms with Gasteiger partial charge in [-0.05, 0) is 50.1 Å². The number of fused-ring (bicyclic) bond motifs is 1. The molecule has 140 valence electrons. The van der Waals surface area contributed by atoms with Gasteiger partial charge < -0.3 is 20.7 Å². The summed E-state index contributed by atoms with van der Waals surface area (Å²) < 4.78 is 5.36. The third kappa shape index (κ3) is 3.92. The maximum Gasteiger partial charge on any atom is 0.338 e. The molecular formula is C20H21N3O4. The fraction of sp³-hybridized carbons (Fsp3) is 0.250. The lowest BCUT2D eigenvalue weighted by atomic mass is 10.1. The van der Waals surface area contributed by atoms with Gasteiger partial charge in [-0.25, -0.2) is 9.59 Å². The van der Waals surface area contributed by atoms with Crippen molar-refractivity contribution in [3.8, 4) is 0 Å². The van der Waals surface area contributed by atoms with Crippen LogP contribution in [0.3, 0.4) is 0 Å². The van der Waals surface area contributed by atoms with Gasteiger partial charge in [0.1, 0.15) is 0 Å². The molecule has 0 unspecified atom stereocenters. The molecule has 1 heterocycles. The highest BCUT2D eigenvalue weighted by Gasteiger charge is 2.34. The van der Waals surface area contributed by atoms with Crippen molar-refractivity contribution in [2.75, 3.05) is 10.2 Å². The number of anilines is 2. The first-order valence-corrected chi connectivity index (χ1v) is 8.65. The summed E-state index contributed by atoms with van der Waals surface area (Å²) >= 11 is 0. The zero-order valence-corrected chi connectivity index (χ0v) is 15.1. The molecule has 0 bridgehead atoms. The van der Waals surface area contributed by atoms with Gasteiger partial charge >= 0.3 is 12.0 Å². The van der Waals surface area contributed by atoms with E-state index in [9.17, 15) is 14.4 Å². The van der Waals surface area contributed by atoms with Gasteiger partial charge in [0, 0.05) is 17.4 Å². The Labute approximate surface area is 157 Å². The van der Waals surface area contributed by atoms with Crippen LogP contribution in [0.1, 0.15) is 29.8 Å². The minimum absolute atomic E-state index is 0.000790. The van der Waals surface area contributed by atoms with Crippen LogP contribution in [0, 0.1) is 0 Å². The maximum absolute atomic E-state index is 12.9. The Morgan fingerprint density at radius 2 is 1.93 bits per heavy atom. The Morgan fingerprint density at radius 1 is 1.19 bits per heavy atom. The third-order valence-corrected chi connectivity index (χ3v) is 4.44. The van der Waals surface area contributed by atoms with E-state index < -0.39 is 18.1 Å². The smallest absolute Gasteiger partial charge is 0.338 e. The summed E-state index contributed by atoms with van der Waals surface area (Å²) in [4.78, 5) is 37.9. The molecule has 1 aliphatic heterocycles. The van der Waals surface area contributed by atoms with Crippen molar-refractivity contribution in [1.29, 1.82) is 0 Å². The summed E-state index contributed by atoms with van der Waals surface area (Å²) in [7, 11) is 0. The van der Waals surface area contributed by atoms with E-state index in [-0.39, 0.29) is 17.5 Å². The van der Waals surface area contributed by atoms with Crippen molar-refractivity contribution < 1.29 is 19.1 Å². The quantitative estimate of drug-likeness (QED) is 0.811. The third-order valence-electron chi connectivity index (χ3n) is 4.44.